The molecule has 0 saturated heterocycles. The largest absolute Gasteiger partial charge is 0.449 e. The second-order valence-electron chi connectivity index (χ2n) is 5.97. The van der Waals surface area contributed by atoms with Crippen LogP contribution in [0.1, 0.15) is 0 Å². The predicted molar refractivity (Wildman–Crippen MR) is 56.9 cm³/mol. The summed E-state index contributed by atoms with van der Waals surface area (Å²) < 4.78 is 233. The van der Waals surface area contributed by atoms with E-state index in [-0.39, 0.29) is 0 Å². The van der Waals surface area contributed by atoms with Gasteiger partial charge in [-0.15, -0.1) is 0 Å². The molecule has 2 atom stereocenters. The first-order valence-electron chi connectivity index (χ1n) is 6.81. The topological polar surface area (TPSA) is 9.23 Å². The summed E-state index contributed by atoms with van der Waals surface area (Å²) in [5.41, 5.74) is -20.4. The average Bonchev–Trinajstić information content (AvgIpc) is 3.13. The summed E-state index contributed by atoms with van der Waals surface area (Å²) in [4.78, 5) is 0. The first-order valence-corrected chi connectivity index (χ1v) is 6.81. The number of rotatable bonds is 2. The summed E-state index contributed by atoms with van der Waals surface area (Å²) in [7, 11) is 0. The molecule has 0 radical (unpaired) electrons. The van der Waals surface area contributed by atoms with Crippen molar-refractivity contribution in [3.05, 3.63) is 22.7 Å². The number of ether oxygens (including phenoxy) is 1. The lowest BCUT2D eigenvalue weighted by molar-refractivity contribution is -0.216. The van der Waals surface area contributed by atoms with E-state index < -0.39 is 70.6 Å². The van der Waals surface area contributed by atoms with E-state index in [9.17, 15) is 79.0 Å². The Balaban J connectivity index is 2.82. The summed E-state index contributed by atoms with van der Waals surface area (Å²) in [5, 5.41) is 0. The van der Waals surface area contributed by atoms with Crippen LogP contribution in [0.15, 0.2) is 22.7 Å². The molecule has 0 amide bonds. The Labute approximate surface area is 155 Å². The number of hydrogen-bond donors (Lipinski definition) is 0. The van der Waals surface area contributed by atoms with Gasteiger partial charge in [0.25, 0.3) is 0 Å². The zero-order chi connectivity index (χ0) is 25.0. The van der Waals surface area contributed by atoms with Gasteiger partial charge in [0.1, 0.15) is 11.1 Å². The Morgan fingerprint density at radius 2 is 0.710 bits per heavy atom. The Morgan fingerprint density at radius 3 is 0.839 bits per heavy atom. The van der Waals surface area contributed by atoms with Crippen molar-refractivity contribution in [1.29, 1.82) is 0 Å². The van der Waals surface area contributed by atoms with Crippen LogP contribution in [-0.4, -0.2) is 47.9 Å². The molecule has 0 aliphatic heterocycles. The minimum absolute atomic E-state index is 2.55. The molecule has 2 aliphatic carbocycles. The molecule has 2 aliphatic rings. The van der Waals surface area contributed by atoms with Crippen LogP contribution in [-0.2, 0) is 4.74 Å². The Hall–Kier alpha value is -1.98. The highest BCUT2D eigenvalue weighted by molar-refractivity contribution is 5.57. The third-order valence-corrected chi connectivity index (χ3v) is 4.01. The highest BCUT2D eigenvalue weighted by atomic mass is 19.4. The molecule has 0 heterocycles. The lowest BCUT2D eigenvalue weighted by Gasteiger charge is -2.18. The van der Waals surface area contributed by atoms with E-state index in [4.69, 9.17) is 0 Å². The van der Waals surface area contributed by atoms with Gasteiger partial charge in [-0.3, -0.25) is 0 Å². The van der Waals surface area contributed by atoms with Crippen LogP contribution in [0, 0.1) is 0 Å². The molecule has 0 N–H and O–H groups in total. The van der Waals surface area contributed by atoms with E-state index >= 15 is 0 Å². The zero-order valence-electron chi connectivity index (χ0n) is 13.2. The molecule has 0 spiro atoms. The predicted octanol–water partition coefficient (Wildman–Crippen LogP) is 6.47. The molecule has 2 rings (SSSR count). The molecule has 2 fully saturated rings. The van der Waals surface area contributed by atoms with Crippen molar-refractivity contribution < 1.29 is 83.8 Å². The molecular formula is C12F18O. The van der Waals surface area contributed by atoms with Gasteiger partial charge in [0.15, 0.2) is 0 Å². The lowest BCUT2D eigenvalue weighted by atomic mass is 10.2. The lowest BCUT2D eigenvalue weighted by Crippen LogP contribution is -2.33. The van der Waals surface area contributed by atoms with Gasteiger partial charge in [0, 0.05) is 0 Å². The standard InChI is InChI=1S/C12F18O/c13-5(11(25,26)27)1(7(5,15)16)3(9(19,20)21)31-4(10(22,23)24)2-6(14,8(2,17)18)12(28,29)30. The maximum atomic E-state index is 13.5. The van der Waals surface area contributed by atoms with Crippen LogP contribution >= 0.6 is 0 Å². The second kappa shape index (κ2) is 5.87. The molecule has 0 bridgehead atoms. The normalized spacial score (nSPS) is 33.7. The monoisotopic (exact) mass is 502 g/mol. The number of alkyl halides is 18. The van der Waals surface area contributed by atoms with Gasteiger partial charge in [0.2, 0.25) is 11.5 Å². The van der Waals surface area contributed by atoms with E-state index in [0.29, 0.717) is 0 Å². The van der Waals surface area contributed by atoms with Gasteiger partial charge in [-0.1, -0.05) is 0 Å². The van der Waals surface area contributed by atoms with Crippen molar-refractivity contribution >= 4 is 0 Å². The molecule has 1 nitrogen and oxygen atoms in total. The fourth-order valence-corrected chi connectivity index (χ4v) is 2.48. The first kappa shape index (κ1) is 25.3. The highest BCUT2D eigenvalue weighted by Crippen LogP contribution is 2.72. The van der Waals surface area contributed by atoms with Crippen LogP contribution in [0.4, 0.5) is 79.0 Å². The Bertz CT molecular complexity index is 777. The third kappa shape index (κ3) is 3.12. The zero-order valence-corrected chi connectivity index (χ0v) is 13.2. The van der Waals surface area contributed by atoms with Crippen LogP contribution in [0.2, 0.25) is 0 Å². The Kier molecular flexibility index (Phi) is 4.79. The fraction of sp³-hybridized carbons (Fsp3) is 0.667. The van der Waals surface area contributed by atoms with Crippen molar-refractivity contribution in [2.24, 2.45) is 0 Å². The minimum Gasteiger partial charge on any atom is -0.446 e. The van der Waals surface area contributed by atoms with Gasteiger partial charge in [0.05, 0.1) is 0 Å². The SMILES string of the molecule is FC(F)(F)C(OC(=C1C(F)(F)C1(F)C(F)(F)F)C(F)(F)F)=C1C(F)(F)C1(F)C(F)(F)F. The molecule has 0 aromatic carbocycles. The van der Waals surface area contributed by atoms with Crippen molar-refractivity contribution in [3.63, 3.8) is 0 Å². The number of allylic oxidation sites excluding steroid dienone is 4. The van der Waals surface area contributed by atoms with Gasteiger partial charge in [-0.05, 0) is 0 Å². The molecule has 2 saturated carbocycles. The van der Waals surface area contributed by atoms with Crippen LogP contribution < -0.4 is 0 Å². The number of hydrogen-bond acceptors (Lipinski definition) is 1. The van der Waals surface area contributed by atoms with Gasteiger partial charge < -0.3 is 4.74 Å². The van der Waals surface area contributed by atoms with E-state index in [2.05, 4.69) is 4.74 Å². The maximum absolute atomic E-state index is 13.5. The number of halogens is 18. The van der Waals surface area contributed by atoms with E-state index in [0.717, 1.165) is 0 Å². The van der Waals surface area contributed by atoms with Crippen molar-refractivity contribution in [1.82, 2.24) is 0 Å². The van der Waals surface area contributed by atoms with E-state index in [1.807, 2.05) is 0 Å². The van der Waals surface area contributed by atoms with Crippen LogP contribution in [0.25, 0.3) is 0 Å². The van der Waals surface area contributed by atoms with Crippen LogP contribution in [0.3, 0.4) is 0 Å². The Morgan fingerprint density at radius 1 is 0.484 bits per heavy atom. The van der Waals surface area contributed by atoms with Gasteiger partial charge in [-0.2, -0.15) is 70.2 Å². The summed E-state index contributed by atoms with van der Waals surface area (Å²) in [5.74, 6) is -21.0. The summed E-state index contributed by atoms with van der Waals surface area (Å²) in [6.07, 6.45) is -27.7. The molecule has 2 unspecified atom stereocenters. The van der Waals surface area contributed by atoms with Crippen molar-refractivity contribution in [2.75, 3.05) is 0 Å². The smallest absolute Gasteiger partial charge is 0.446 e. The molecule has 31 heavy (non-hydrogen) atoms. The van der Waals surface area contributed by atoms with Gasteiger partial charge in [-0.25, -0.2) is 8.78 Å². The quantitative estimate of drug-likeness (QED) is 0.311. The second-order valence-corrected chi connectivity index (χ2v) is 5.97. The third-order valence-electron chi connectivity index (χ3n) is 4.01. The molecular weight excluding hydrogens is 502 g/mol. The summed E-state index contributed by atoms with van der Waals surface area (Å²) in [6, 6.07) is 0. The molecule has 0 aromatic rings. The van der Waals surface area contributed by atoms with Crippen molar-refractivity contribution in [2.45, 2.75) is 47.9 Å². The molecule has 180 valence electrons. The van der Waals surface area contributed by atoms with Crippen molar-refractivity contribution in [3.8, 4) is 0 Å². The van der Waals surface area contributed by atoms with Gasteiger partial charge >= 0.3 is 47.9 Å². The van der Waals surface area contributed by atoms with E-state index in [1.54, 1.807) is 0 Å². The van der Waals surface area contributed by atoms with Crippen LogP contribution in [0.5, 0.6) is 0 Å². The first-order chi connectivity index (χ1) is 13.2. The maximum Gasteiger partial charge on any atom is 0.449 e. The van der Waals surface area contributed by atoms with E-state index in [1.165, 1.54) is 0 Å². The molecule has 19 heteroatoms. The molecule has 0 aromatic heterocycles. The summed E-state index contributed by atoms with van der Waals surface area (Å²) >= 11 is 0. The minimum atomic E-state index is -6.92. The average molecular weight is 502 g/mol. The fourth-order valence-electron chi connectivity index (χ4n) is 2.48. The highest BCUT2D eigenvalue weighted by Gasteiger charge is 2.95. The summed E-state index contributed by atoms with van der Waals surface area (Å²) in [6.45, 7) is 0.